The number of hydrogen-bond acceptors (Lipinski definition) is 8. The lowest BCUT2D eigenvalue weighted by molar-refractivity contribution is -0.384. The van der Waals surface area contributed by atoms with Gasteiger partial charge in [0.05, 0.1) is 41.8 Å². The topological polar surface area (TPSA) is 132 Å². The molecule has 3 heterocycles. The zero-order valence-electron chi connectivity index (χ0n) is 31.1. The summed E-state index contributed by atoms with van der Waals surface area (Å²) in [7, 11) is -2.97. The first kappa shape index (κ1) is 37.4. The maximum absolute atomic E-state index is 14.3. The minimum absolute atomic E-state index is 0.168. The van der Waals surface area contributed by atoms with E-state index in [1.54, 1.807) is 12.1 Å². The van der Waals surface area contributed by atoms with Gasteiger partial charge < -0.3 is 18.7 Å². The number of amides is 2. The minimum Gasteiger partial charge on any atom is -0.459 e. The average Bonchev–Trinajstić information content (AvgIpc) is 3.87. The van der Waals surface area contributed by atoms with Gasteiger partial charge in [-0.15, -0.1) is 0 Å². The zero-order valence-corrected chi connectivity index (χ0v) is 32.1. The second kappa shape index (κ2) is 15.1. The number of imide groups is 1. The summed E-state index contributed by atoms with van der Waals surface area (Å²) in [6.07, 6.45) is 3.34. The van der Waals surface area contributed by atoms with E-state index in [2.05, 4.69) is 45.0 Å². The van der Waals surface area contributed by atoms with Crippen LogP contribution in [0.4, 0.5) is 11.4 Å². The van der Waals surface area contributed by atoms with E-state index in [-0.39, 0.29) is 60.1 Å². The smallest absolute Gasteiger partial charge is 0.271 e. The summed E-state index contributed by atoms with van der Waals surface area (Å²) in [5.74, 6) is -1.17. The largest absolute Gasteiger partial charge is 0.459 e. The Balaban J connectivity index is 1.27. The summed E-state index contributed by atoms with van der Waals surface area (Å²) < 4.78 is 19.7. The fourth-order valence-electron chi connectivity index (χ4n) is 8.79. The molecule has 3 aromatic carbocycles. The molecule has 4 aromatic rings. The van der Waals surface area contributed by atoms with E-state index in [9.17, 15) is 24.8 Å². The molecule has 4 atom stereocenters. The summed E-state index contributed by atoms with van der Waals surface area (Å²) in [6, 6.07) is 30.1. The van der Waals surface area contributed by atoms with Gasteiger partial charge in [0.2, 0.25) is 11.8 Å². The monoisotopic (exact) mass is 746 g/mol. The van der Waals surface area contributed by atoms with Crippen molar-refractivity contribution in [3.63, 3.8) is 0 Å². The molecule has 54 heavy (non-hydrogen) atoms. The fraction of sp³-hybridized carbons (Fsp3) is 0.349. The predicted molar refractivity (Wildman–Crippen MR) is 209 cm³/mol. The average molecular weight is 747 g/mol. The van der Waals surface area contributed by atoms with Crippen molar-refractivity contribution in [2.24, 2.45) is 17.8 Å². The van der Waals surface area contributed by atoms with Crippen LogP contribution in [0.25, 0.3) is 6.08 Å². The van der Waals surface area contributed by atoms with Crippen molar-refractivity contribution in [1.82, 2.24) is 0 Å². The number of rotatable bonds is 12. The van der Waals surface area contributed by atoms with Crippen LogP contribution in [-0.2, 0) is 25.4 Å². The third-order valence-corrected chi connectivity index (χ3v) is 16.2. The summed E-state index contributed by atoms with van der Waals surface area (Å²) >= 11 is 0. The van der Waals surface area contributed by atoms with Crippen molar-refractivity contribution < 1.29 is 33.2 Å². The number of aliphatic hydroxyl groups excluding tert-OH is 1. The number of carbonyl (C=O) groups excluding carboxylic acids is 2. The Morgan fingerprint density at radius 1 is 0.963 bits per heavy atom. The van der Waals surface area contributed by atoms with E-state index in [0.717, 1.165) is 32.0 Å². The van der Waals surface area contributed by atoms with E-state index in [1.165, 1.54) is 18.2 Å². The normalized spacial score (nSPS) is 21.8. The number of nitro groups is 1. The van der Waals surface area contributed by atoms with Gasteiger partial charge in [-0.2, -0.15) is 0 Å². The van der Waals surface area contributed by atoms with Crippen LogP contribution < -0.4 is 15.3 Å². The quantitative estimate of drug-likeness (QED) is 0.0541. The Kier molecular flexibility index (Phi) is 10.4. The fourth-order valence-corrected chi connectivity index (χ4v) is 13.3. The summed E-state index contributed by atoms with van der Waals surface area (Å²) in [5, 5.41) is 23.1. The molecule has 2 saturated heterocycles. The molecule has 0 radical (unpaired) electrons. The molecule has 7 rings (SSSR count). The first-order valence-electron chi connectivity index (χ1n) is 18.5. The van der Waals surface area contributed by atoms with E-state index < -0.39 is 25.1 Å². The van der Waals surface area contributed by atoms with Crippen molar-refractivity contribution in [1.29, 1.82) is 0 Å². The van der Waals surface area contributed by atoms with Crippen molar-refractivity contribution in [3.8, 4) is 0 Å². The molecule has 1 N–H and O–H groups in total. The number of carbonyl (C=O) groups is 2. The second-order valence-corrected chi connectivity index (χ2v) is 19.9. The van der Waals surface area contributed by atoms with Crippen LogP contribution in [0.2, 0.25) is 5.04 Å². The first-order chi connectivity index (χ1) is 25.9. The number of nitro benzene ring substituents is 1. The van der Waals surface area contributed by atoms with Gasteiger partial charge in [-0.25, -0.2) is 4.90 Å². The highest BCUT2D eigenvalue weighted by atomic mass is 28.4. The van der Waals surface area contributed by atoms with Gasteiger partial charge >= 0.3 is 0 Å². The maximum Gasteiger partial charge on any atom is 0.271 e. The Labute approximate surface area is 316 Å². The number of non-ortho nitro benzene ring substituents is 1. The van der Waals surface area contributed by atoms with Gasteiger partial charge in [0.1, 0.15) is 18.1 Å². The molecule has 0 spiro atoms. The zero-order chi connectivity index (χ0) is 38.2. The number of furan rings is 1. The molecule has 2 aliphatic heterocycles. The lowest BCUT2D eigenvalue weighted by atomic mass is 9.69. The predicted octanol–water partition coefficient (Wildman–Crippen LogP) is 6.96. The van der Waals surface area contributed by atoms with Crippen LogP contribution in [0.1, 0.15) is 58.5 Å². The standard InChI is InChI=1S/C43H46N2O8Si/c1-28(22-32-19-20-33(25-46)53-32)18-21-38-39-29(26-52-54(43(2,3)4,34-14-7-5-8-15-34)35-16-9-6-10-17-35)23-36-40(37(39)27-51-38)42(48)44(41(36)47)30-12-11-13-31(24-30)45(49)50/h5-17,19-20,22,24,36-38,40,46H,18,21,23,25-27H2,1-4H3/b28-22+/t36-,37+,38-,40-/m1/s1. The lowest BCUT2D eigenvalue weighted by Crippen LogP contribution is -2.66. The highest BCUT2D eigenvalue weighted by Crippen LogP contribution is 2.51. The molecule has 280 valence electrons. The highest BCUT2D eigenvalue weighted by Gasteiger charge is 2.58. The van der Waals surface area contributed by atoms with E-state index >= 15 is 0 Å². The molecule has 3 aliphatic rings. The lowest BCUT2D eigenvalue weighted by Gasteiger charge is -2.44. The molecular formula is C43H46N2O8Si. The van der Waals surface area contributed by atoms with Gasteiger partial charge in [-0.1, -0.05) is 93.1 Å². The SMILES string of the molecule is C/C(=C\c1ccc(CO)o1)CC[C@H]1OC[C@H]2C1=C(CO[Si](c1ccccc1)(c1ccccc1)C(C)(C)C)C[C@H]1C(=O)N(c3cccc([N+](=O)[O-])c3)C(=O)[C@H]12. The molecule has 1 aromatic heterocycles. The number of anilines is 1. The van der Waals surface area contributed by atoms with Gasteiger partial charge in [0, 0.05) is 18.1 Å². The van der Waals surface area contributed by atoms with Crippen LogP contribution in [0.15, 0.2) is 118 Å². The molecule has 0 unspecified atom stereocenters. The van der Waals surface area contributed by atoms with Crippen molar-refractivity contribution in [3.05, 3.63) is 135 Å². The van der Waals surface area contributed by atoms with Gasteiger partial charge in [0.25, 0.3) is 14.0 Å². The van der Waals surface area contributed by atoms with E-state index in [0.29, 0.717) is 30.8 Å². The van der Waals surface area contributed by atoms with Crippen LogP contribution in [-0.4, -0.2) is 49.5 Å². The van der Waals surface area contributed by atoms with Crippen LogP contribution >= 0.6 is 0 Å². The Bertz CT molecular complexity index is 2060. The second-order valence-electron chi connectivity index (χ2n) is 15.6. The summed E-state index contributed by atoms with van der Waals surface area (Å²) in [6.45, 7) is 9.10. The molecule has 2 fully saturated rings. The van der Waals surface area contributed by atoms with Crippen molar-refractivity contribution in [2.45, 2.75) is 64.7 Å². The third kappa shape index (κ3) is 6.81. The van der Waals surface area contributed by atoms with Gasteiger partial charge in [-0.3, -0.25) is 19.7 Å². The number of allylic oxidation sites excluding steroid dienone is 1. The number of benzene rings is 3. The van der Waals surface area contributed by atoms with Crippen molar-refractivity contribution >= 4 is 48.0 Å². The van der Waals surface area contributed by atoms with Gasteiger partial charge in [-0.05, 0) is 77.0 Å². The molecule has 10 nitrogen and oxygen atoms in total. The van der Waals surface area contributed by atoms with Crippen LogP contribution in [0, 0.1) is 27.9 Å². The van der Waals surface area contributed by atoms with Crippen LogP contribution in [0.3, 0.4) is 0 Å². The third-order valence-electron chi connectivity index (χ3n) is 11.2. The van der Waals surface area contributed by atoms with Crippen LogP contribution in [0.5, 0.6) is 0 Å². The maximum atomic E-state index is 14.3. The number of ether oxygens (including phenoxy) is 1. The Morgan fingerprint density at radius 3 is 2.26 bits per heavy atom. The highest BCUT2D eigenvalue weighted by molar-refractivity contribution is 6.99. The number of fused-ring (bicyclic) bond motifs is 3. The summed E-state index contributed by atoms with van der Waals surface area (Å²) in [5.41, 5.74) is 3.11. The van der Waals surface area contributed by atoms with E-state index in [1.807, 2.05) is 55.5 Å². The van der Waals surface area contributed by atoms with Gasteiger partial charge in [0.15, 0.2) is 0 Å². The van der Waals surface area contributed by atoms with Crippen molar-refractivity contribution in [2.75, 3.05) is 18.1 Å². The molecule has 0 bridgehead atoms. The first-order valence-corrected chi connectivity index (χ1v) is 20.4. The number of hydrogen-bond donors (Lipinski definition) is 1. The molecule has 0 saturated carbocycles. The number of aliphatic hydroxyl groups is 1. The molecule has 11 heteroatoms. The summed E-state index contributed by atoms with van der Waals surface area (Å²) in [4.78, 5) is 40.8. The molecule has 1 aliphatic carbocycles. The van der Waals surface area contributed by atoms with E-state index in [4.69, 9.17) is 13.6 Å². The number of nitrogens with zero attached hydrogens (tertiary/aromatic N) is 2. The molecular weight excluding hydrogens is 701 g/mol. The Morgan fingerprint density at radius 2 is 1.65 bits per heavy atom. The Hall–Kier alpha value is -4.94. The minimum atomic E-state index is -2.97. The molecule has 2 amide bonds.